The minimum Gasteiger partial charge on any atom is -0.356 e. The number of aromatic amines is 1. The van der Waals surface area contributed by atoms with Crippen molar-refractivity contribution in [2.75, 3.05) is 33.2 Å². The number of nitrogens with zero attached hydrogens (tertiary/aromatic N) is 2. The van der Waals surface area contributed by atoms with Gasteiger partial charge in [0.15, 0.2) is 6.29 Å². The number of hydrazine groups is 1. The van der Waals surface area contributed by atoms with Crippen LogP contribution < -0.4 is 5.43 Å². The molecule has 0 aromatic carbocycles. The maximum atomic E-state index is 12.3. The van der Waals surface area contributed by atoms with Gasteiger partial charge in [-0.3, -0.25) is 15.0 Å². The van der Waals surface area contributed by atoms with Crippen LogP contribution in [0.15, 0.2) is 0 Å². The second kappa shape index (κ2) is 5.54. The van der Waals surface area contributed by atoms with E-state index in [1.807, 2.05) is 5.01 Å². The number of piperazine rings is 1. The molecule has 0 atom stereocenters. The summed E-state index contributed by atoms with van der Waals surface area (Å²) in [5, 5.41) is 1.93. The first kappa shape index (κ1) is 13.8. The van der Waals surface area contributed by atoms with Crippen LogP contribution >= 0.6 is 0 Å². The summed E-state index contributed by atoms with van der Waals surface area (Å²) in [4.78, 5) is 28.3. The fourth-order valence-electron chi connectivity index (χ4n) is 2.35. The van der Waals surface area contributed by atoms with Crippen molar-refractivity contribution in [3.63, 3.8) is 0 Å². The number of H-pyrrole nitrogens is 1. The molecule has 2 heterocycles. The monoisotopic (exact) mass is 264 g/mol. The predicted molar refractivity (Wildman–Crippen MR) is 72.2 cm³/mol. The first-order valence-corrected chi connectivity index (χ1v) is 6.41. The molecular weight excluding hydrogens is 244 g/mol. The molecule has 0 unspecified atom stereocenters. The van der Waals surface area contributed by atoms with Gasteiger partial charge < -0.3 is 9.88 Å². The molecule has 104 valence electrons. The van der Waals surface area contributed by atoms with Crippen LogP contribution in [0.25, 0.3) is 0 Å². The van der Waals surface area contributed by atoms with Crippen LogP contribution in [0.2, 0.25) is 0 Å². The standard InChI is InChI=1S/C13H20N4O2/c1-9-11(8-18)14-10(2)12(9)13(19)15-17-6-4-16(3)5-7-17/h8,14H,4-7H2,1-3H3,(H,15,19). The lowest BCUT2D eigenvalue weighted by Gasteiger charge is -2.32. The summed E-state index contributed by atoms with van der Waals surface area (Å²) in [5.74, 6) is -0.149. The average molecular weight is 264 g/mol. The van der Waals surface area contributed by atoms with Crippen LogP contribution in [0.5, 0.6) is 0 Å². The first-order valence-electron chi connectivity index (χ1n) is 6.41. The largest absolute Gasteiger partial charge is 0.356 e. The zero-order valence-electron chi connectivity index (χ0n) is 11.6. The lowest BCUT2D eigenvalue weighted by atomic mass is 10.1. The van der Waals surface area contributed by atoms with Crippen LogP contribution in [0.4, 0.5) is 0 Å². The van der Waals surface area contributed by atoms with Gasteiger partial charge in [-0.25, -0.2) is 5.01 Å². The molecule has 6 heteroatoms. The van der Waals surface area contributed by atoms with Gasteiger partial charge in [-0.2, -0.15) is 0 Å². The Morgan fingerprint density at radius 2 is 1.89 bits per heavy atom. The maximum absolute atomic E-state index is 12.3. The minimum absolute atomic E-state index is 0.149. The Hall–Kier alpha value is -1.66. The zero-order chi connectivity index (χ0) is 14.0. The van der Waals surface area contributed by atoms with Crippen molar-refractivity contribution in [2.45, 2.75) is 13.8 Å². The SMILES string of the molecule is Cc1[nH]c(C=O)c(C)c1C(=O)NN1CCN(C)CC1. The van der Waals surface area contributed by atoms with Gasteiger partial charge in [0.2, 0.25) is 0 Å². The van der Waals surface area contributed by atoms with Gasteiger partial charge in [-0.1, -0.05) is 0 Å². The van der Waals surface area contributed by atoms with E-state index in [-0.39, 0.29) is 5.91 Å². The number of aryl methyl sites for hydroxylation is 1. The van der Waals surface area contributed by atoms with Crippen LogP contribution in [0.1, 0.15) is 32.1 Å². The van der Waals surface area contributed by atoms with E-state index in [2.05, 4.69) is 22.4 Å². The summed E-state index contributed by atoms with van der Waals surface area (Å²) in [6.45, 7) is 7.08. The summed E-state index contributed by atoms with van der Waals surface area (Å²) in [6, 6.07) is 0. The van der Waals surface area contributed by atoms with E-state index in [0.717, 1.165) is 38.2 Å². The van der Waals surface area contributed by atoms with Crippen LogP contribution in [0.3, 0.4) is 0 Å². The van der Waals surface area contributed by atoms with Crippen molar-refractivity contribution >= 4 is 12.2 Å². The molecule has 0 radical (unpaired) electrons. The van der Waals surface area contributed by atoms with Gasteiger partial charge in [-0.15, -0.1) is 0 Å². The number of rotatable bonds is 3. The first-order chi connectivity index (χ1) is 9.02. The third kappa shape index (κ3) is 2.85. The number of likely N-dealkylation sites (N-methyl/N-ethyl adjacent to an activating group) is 1. The Bertz CT molecular complexity index is 487. The van der Waals surface area contributed by atoms with Crippen molar-refractivity contribution < 1.29 is 9.59 Å². The van der Waals surface area contributed by atoms with Gasteiger partial charge in [0.05, 0.1) is 11.3 Å². The molecule has 1 aromatic rings. The molecule has 0 bridgehead atoms. The van der Waals surface area contributed by atoms with E-state index in [1.165, 1.54) is 0 Å². The molecule has 1 saturated heterocycles. The Morgan fingerprint density at radius 1 is 1.26 bits per heavy atom. The van der Waals surface area contributed by atoms with Gasteiger partial charge in [0.25, 0.3) is 5.91 Å². The quantitative estimate of drug-likeness (QED) is 0.772. The maximum Gasteiger partial charge on any atom is 0.267 e. The normalized spacial score (nSPS) is 17.4. The molecule has 0 spiro atoms. The number of amides is 1. The molecule has 1 aliphatic rings. The average Bonchev–Trinajstić information content (AvgIpc) is 2.67. The van der Waals surface area contributed by atoms with E-state index in [1.54, 1.807) is 13.8 Å². The Balaban J connectivity index is 2.08. The van der Waals surface area contributed by atoms with Crippen molar-refractivity contribution in [2.24, 2.45) is 0 Å². The Kier molecular flexibility index (Phi) is 4.01. The van der Waals surface area contributed by atoms with Crippen molar-refractivity contribution in [3.05, 3.63) is 22.5 Å². The van der Waals surface area contributed by atoms with Gasteiger partial charge in [-0.05, 0) is 26.5 Å². The van der Waals surface area contributed by atoms with E-state index < -0.39 is 0 Å². The van der Waals surface area contributed by atoms with E-state index in [9.17, 15) is 9.59 Å². The van der Waals surface area contributed by atoms with Crippen molar-refractivity contribution in [3.8, 4) is 0 Å². The molecule has 2 rings (SSSR count). The zero-order valence-corrected chi connectivity index (χ0v) is 11.6. The molecule has 1 fully saturated rings. The fourth-order valence-corrected chi connectivity index (χ4v) is 2.35. The molecule has 1 aromatic heterocycles. The molecule has 1 amide bonds. The topological polar surface area (TPSA) is 68.4 Å². The van der Waals surface area contributed by atoms with Crippen LogP contribution in [-0.4, -0.2) is 60.3 Å². The number of nitrogens with one attached hydrogen (secondary N) is 2. The highest BCUT2D eigenvalue weighted by atomic mass is 16.2. The van der Waals surface area contributed by atoms with Crippen molar-refractivity contribution in [1.82, 2.24) is 20.3 Å². The highest BCUT2D eigenvalue weighted by molar-refractivity contribution is 5.98. The molecule has 6 nitrogen and oxygen atoms in total. The van der Waals surface area contributed by atoms with Gasteiger partial charge in [0.1, 0.15) is 0 Å². The summed E-state index contributed by atoms with van der Waals surface area (Å²) in [5.41, 5.74) is 5.39. The molecule has 1 aliphatic heterocycles. The van der Waals surface area contributed by atoms with Gasteiger partial charge in [0, 0.05) is 31.9 Å². The van der Waals surface area contributed by atoms with E-state index in [0.29, 0.717) is 16.8 Å². The predicted octanol–water partition coefficient (Wildman–Crippen LogP) is 0.336. The fraction of sp³-hybridized carbons (Fsp3) is 0.538. The summed E-state index contributed by atoms with van der Waals surface area (Å²) >= 11 is 0. The van der Waals surface area contributed by atoms with Crippen LogP contribution in [0, 0.1) is 13.8 Å². The molecule has 19 heavy (non-hydrogen) atoms. The third-order valence-corrected chi connectivity index (χ3v) is 3.58. The Labute approximate surface area is 112 Å². The second-order valence-corrected chi connectivity index (χ2v) is 5.01. The van der Waals surface area contributed by atoms with E-state index in [4.69, 9.17) is 0 Å². The van der Waals surface area contributed by atoms with Crippen LogP contribution in [-0.2, 0) is 0 Å². The molecule has 0 aliphatic carbocycles. The number of hydrogen-bond acceptors (Lipinski definition) is 4. The smallest absolute Gasteiger partial charge is 0.267 e. The minimum atomic E-state index is -0.149. The number of carbonyl (C=O) groups excluding carboxylic acids is 2. The highest BCUT2D eigenvalue weighted by Gasteiger charge is 2.21. The van der Waals surface area contributed by atoms with E-state index >= 15 is 0 Å². The number of aromatic nitrogens is 1. The van der Waals surface area contributed by atoms with Gasteiger partial charge >= 0.3 is 0 Å². The number of hydrogen-bond donors (Lipinski definition) is 2. The summed E-state index contributed by atoms with van der Waals surface area (Å²) in [7, 11) is 2.07. The molecule has 0 saturated carbocycles. The summed E-state index contributed by atoms with van der Waals surface area (Å²) < 4.78 is 0. The summed E-state index contributed by atoms with van der Waals surface area (Å²) in [6.07, 6.45) is 0.745. The lowest BCUT2D eigenvalue weighted by Crippen LogP contribution is -2.52. The number of carbonyl (C=O) groups is 2. The third-order valence-electron chi connectivity index (χ3n) is 3.58. The highest BCUT2D eigenvalue weighted by Crippen LogP contribution is 2.16. The Morgan fingerprint density at radius 3 is 2.42 bits per heavy atom. The van der Waals surface area contributed by atoms with Crippen molar-refractivity contribution in [1.29, 1.82) is 0 Å². The molecular formula is C13H20N4O2. The molecule has 2 N–H and O–H groups in total. The number of aldehydes is 1. The lowest BCUT2D eigenvalue weighted by molar-refractivity contribution is 0.0661. The second-order valence-electron chi connectivity index (χ2n) is 5.01.